The summed E-state index contributed by atoms with van der Waals surface area (Å²) in [6, 6.07) is 6.31. The van der Waals surface area contributed by atoms with E-state index in [4.69, 9.17) is 0 Å². The highest BCUT2D eigenvalue weighted by Crippen LogP contribution is 2.31. The topological polar surface area (TPSA) is 12.0 Å². The van der Waals surface area contributed by atoms with Crippen LogP contribution in [0, 0.1) is 24.4 Å². The minimum atomic E-state index is -0.674. The maximum Gasteiger partial charge on any atom is 0.145 e. The van der Waals surface area contributed by atoms with Gasteiger partial charge in [-0.15, -0.1) is 0 Å². The zero-order valence-electron chi connectivity index (χ0n) is 11.7. The molecule has 2 aromatic rings. The van der Waals surface area contributed by atoms with Crippen molar-refractivity contribution >= 4 is 15.9 Å². The molecule has 0 spiro atoms. The molecular weight excluding hydrogens is 343 g/mol. The Morgan fingerprint density at radius 2 is 1.76 bits per heavy atom. The SMILES string of the molecule is CCNC(c1ccc(F)c(C)c1)c1c(F)ccc(Br)c1F. The van der Waals surface area contributed by atoms with Gasteiger partial charge in [0, 0.05) is 5.56 Å². The fraction of sp³-hybridized carbons (Fsp3) is 0.250. The van der Waals surface area contributed by atoms with Gasteiger partial charge in [-0.05, 0) is 58.7 Å². The lowest BCUT2D eigenvalue weighted by Gasteiger charge is -2.21. The summed E-state index contributed by atoms with van der Waals surface area (Å²) in [5.41, 5.74) is 0.982. The van der Waals surface area contributed by atoms with Gasteiger partial charge in [0.25, 0.3) is 0 Å². The third-order valence-corrected chi connectivity index (χ3v) is 3.90. The molecule has 0 radical (unpaired) electrons. The van der Waals surface area contributed by atoms with Crippen LogP contribution in [0.3, 0.4) is 0 Å². The number of halogens is 4. The molecule has 2 rings (SSSR count). The monoisotopic (exact) mass is 357 g/mol. The standard InChI is InChI=1S/C16H15BrF3N/c1-3-21-16(10-4-6-12(18)9(2)8-10)14-13(19)7-5-11(17)15(14)20/h4-8,16,21H,3H2,1-2H3. The second kappa shape index (κ2) is 6.62. The van der Waals surface area contributed by atoms with Crippen molar-refractivity contribution in [3.8, 4) is 0 Å². The van der Waals surface area contributed by atoms with Crippen LogP contribution in [0.4, 0.5) is 13.2 Å². The first-order valence-corrected chi connectivity index (χ1v) is 7.37. The normalized spacial score (nSPS) is 12.5. The van der Waals surface area contributed by atoms with Gasteiger partial charge >= 0.3 is 0 Å². The van der Waals surface area contributed by atoms with Crippen LogP contribution < -0.4 is 5.32 Å². The molecule has 21 heavy (non-hydrogen) atoms. The van der Waals surface area contributed by atoms with Crippen LogP contribution in [0.1, 0.15) is 29.7 Å². The van der Waals surface area contributed by atoms with E-state index < -0.39 is 17.7 Å². The van der Waals surface area contributed by atoms with E-state index in [0.717, 1.165) is 0 Å². The molecule has 0 fully saturated rings. The van der Waals surface area contributed by atoms with Gasteiger partial charge < -0.3 is 5.32 Å². The second-order valence-corrected chi connectivity index (χ2v) is 5.61. The van der Waals surface area contributed by atoms with Gasteiger partial charge in [-0.2, -0.15) is 0 Å². The van der Waals surface area contributed by atoms with Crippen LogP contribution in [0.25, 0.3) is 0 Å². The Labute approximate surface area is 130 Å². The van der Waals surface area contributed by atoms with Crippen molar-refractivity contribution in [2.45, 2.75) is 19.9 Å². The third kappa shape index (κ3) is 3.30. The number of nitrogens with one attached hydrogen (secondary N) is 1. The highest BCUT2D eigenvalue weighted by Gasteiger charge is 2.23. The Kier molecular flexibility index (Phi) is 5.06. The van der Waals surface area contributed by atoms with Crippen LogP contribution in [-0.2, 0) is 0 Å². The van der Waals surface area contributed by atoms with Gasteiger partial charge in [-0.3, -0.25) is 0 Å². The van der Waals surface area contributed by atoms with E-state index in [-0.39, 0.29) is 15.9 Å². The highest BCUT2D eigenvalue weighted by molar-refractivity contribution is 9.10. The lowest BCUT2D eigenvalue weighted by Crippen LogP contribution is -2.24. The summed E-state index contributed by atoms with van der Waals surface area (Å²) in [4.78, 5) is 0. The summed E-state index contributed by atoms with van der Waals surface area (Å²) in [6.45, 7) is 3.99. The Hall–Kier alpha value is -1.33. The van der Waals surface area contributed by atoms with Gasteiger partial charge in [-0.25, -0.2) is 13.2 Å². The van der Waals surface area contributed by atoms with E-state index >= 15 is 0 Å². The Morgan fingerprint density at radius 3 is 2.38 bits per heavy atom. The third-order valence-electron chi connectivity index (χ3n) is 3.29. The van der Waals surface area contributed by atoms with Crippen LogP contribution in [-0.4, -0.2) is 6.54 Å². The van der Waals surface area contributed by atoms with Crippen LogP contribution >= 0.6 is 15.9 Å². The quantitative estimate of drug-likeness (QED) is 0.769. The molecular formula is C16H15BrF3N. The van der Waals surface area contributed by atoms with E-state index in [1.54, 1.807) is 13.0 Å². The number of aryl methyl sites for hydroxylation is 1. The summed E-state index contributed by atoms with van der Waals surface area (Å²) in [6.07, 6.45) is 0. The number of hydrogen-bond donors (Lipinski definition) is 1. The van der Waals surface area contributed by atoms with Gasteiger partial charge in [0.1, 0.15) is 17.5 Å². The smallest absolute Gasteiger partial charge is 0.145 e. The van der Waals surface area contributed by atoms with E-state index in [0.29, 0.717) is 17.7 Å². The Balaban J connectivity index is 2.58. The molecule has 0 aliphatic heterocycles. The van der Waals surface area contributed by atoms with Gasteiger partial charge in [0.2, 0.25) is 0 Å². The molecule has 5 heteroatoms. The number of hydrogen-bond acceptors (Lipinski definition) is 1. The molecule has 1 atom stereocenters. The predicted octanol–water partition coefficient (Wildman–Crippen LogP) is 4.87. The van der Waals surface area contributed by atoms with Gasteiger partial charge in [0.15, 0.2) is 0 Å². The molecule has 0 saturated heterocycles. The summed E-state index contributed by atoms with van der Waals surface area (Å²) in [5.74, 6) is -1.63. The molecule has 0 aromatic heterocycles. The molecule has 1 nitrogen and oxygen atoms in total. The van der Waals surface area contributed by atoms with Crippen molar-refractivity contribution in [1.82, 2.24) is 5.32 Å². The van der Waals surface area contributed by atoms with E-state index in [9.17, 15) is 13.2 Å². The van der Waals surface area contributed by atoms with Crippen molar-refractivity contribution < 1.29 is 13.2 Å². The second-order valence-electron chi connectivity index (χ2n) is 4.76. The predicted molar refractivity (Wildman–Crippen MR) is 80.7 cm³/mol. The molecule has 0 heterocycles. The van der Waals surface area contributed by atoms with E-state index in [2.05, 4.69) is 21.2 Å². The summed E-state index contributed by atoms with van der Waals surface area (Å²) in [5, 5.41) is 3.05. The molecule has 0 aliphatic carbocycles. The minimum absolute atomic E-state index is 0.0720. The lowest BCUT2D eigenvalue weighted by molar-refractivity contribution is 0.506. The van der Waals surface area contributed by atoms with Crippen molar-refractivity contribution in [2.75, 3.05) is 6.54 Å². The summed E-state index contributed by atoms with van der Waals surface area (Å²) < 4.78 is 42.0. The average Bonchev–Trinajstić information content (AvgIpc) is 2.45. The van der Waals surface area contributed by atoms with E-state index in [1.165, 1.54) is 24.3 Å². The van der Waals surface area contributed by atoms with Crippen molar-refractivity contribution in [3.05, 3.63) is 68.9 Å². The largest absolute Gasteiger partial charge is 0.306 e. The molecule has 1 unspecified atom stereocenters. The van der Waals surface area contributed by atoms with Crippen LogP contribution in [0.2, 0.25) is 0 Å². The molecule has 112 valence electrons. The van der Waals surface area contributed by atoms with Crippen molar-refractivity contribution in [3.63, 3.8) is 0 Å². The van der Waals surface area contributed by atoms with Crippen molar-refractivity contribution in [1.29, 1.82) is 0 Å². The van der Waals surface area contributed by atoms with Crippen LogP contribution in [0.5, 0.6) is 0 Å². The fourth-order valence-electron chi connectivity index (χ4n) is 2.25. The summed E-state index contributed by atoms with van der Waals surface area (Å²) in [7, 11) is 0. The zero-order chi connectivity index (χ0) is 15.6. The minimum Gasteiger partial charge on any atom is -0.306 e. The highest BCUT2D eigenvalue weighted by atomic mass is 79.9. The van der Waals surface area contributed by atoms with Gasteiger partial charge in [0.05, 0.1) is 10.5 Å². The molecule has 0 aliphatic rings. The van der Waals surface area contributed by atoms with Crippen LogP contribution in [0.15, 0.2) is 34.8 Å². The van der Waals surface area contributed by atoms with Crippen molar-refractivity contribution in [2.24, 2.45) is 0 Å². The first-order chi connectivity index (χ1) is 9.95. The summed E-state index contributed by atoms with van der Waals surface area (Å²) >= 11 is 3.07. The first-order valence-electron chi connectivity index (χ1n) is 6.58. The Bertz CT molecular complexity index is 658. The maximum atomic E-state index is 14.3. The Morgan fingerprint density at radius 1 is 1.10 bits per heavy atom. The number of rotatable bonds is 4. The average molecular weight is 358 g/mol. The lowest BCUT2D eigenvalue weighted by atomic mass is 9.96. The molecule has 0 saturated carbocycles. The maximum absolute atomic E-state index is 14.3. The molecule has 1 N–H and O–H groups in total. The molecule has 0 bridgehead atoms. The fourth-order valence-corrected chi connectivity index (χ4v) is 2.59. The zero-order valence-corrected chi connectivity index (χ0v) is 13.3. The first kappa shape index (κ1) is 16.0. The van der Waals surface area contributed by atoms with E-state index in [1.807, 2.05) is 6.92 Å². The molecule has 2 aromatic carbocycles. The van der Waals surface area contributed by atoms with Gasteiger partial charge in [-0.1, -0.05) is 19.1 Å². The number of benzene rings is 2. The molecule has 0 amide bonds.